The Morgan fingerprint density at radius 1 is 1.36 bits per heavy atom. The van der Waals surface area contributed by atoms with Gasteiger partial charge in [-0.25, -0.2) is 9.78 Å². The summed E-state index contributed by atoms with van der Waals surface area (Å²) in [5, 5.41) is 0.793. The van der Waals surface area contributed by atoms with Crippen LogP contribution in [0.4, 0.5) is 8.78 Å². The maximum atomic E-state index is 12.7. The van der Waals surface area contributed by atoms with Crippen LogP contribution in [0.1, 0.15) is 17.9 Å². The number of nitrogens with zero attached hydrogens (tertiary/aromatic N) is 2. The van der Waals surface area contributed by atoms with E-state index >= 15 is 0 Å². The molecular weight excluding hydrogens is 294 g/mol. The molecule has 1 aromatic carbocycles. The molecule has 2 aromatic heterocycles. The van der Waals surface area contributed by atoms with Crippen molar-refractivity contribution >= 4 is 11.0 Å². The number of aryl methyl sites for hydroxylation is 1. The number of alkyl halides is 2. The summed E-state index contributed by atoms with van der Waals surface area (Å²) in [4.78, 5) is 15.2. The minimum atomic E-state index is -2.67. The van der Waals surface area contributed by atoms with E-state index in [1.165, 1.54) is 18.5 Å². The molecule has 7 heteroatoms. The normalized spacial score (nSPS) is 11.3. The third-order valence-electron chi connectivity index (χ3n) is 3.25. The van der Waals surface area contributed by atoms with Crippen molar-refractivity contribution in [2.24, 2.45) is 0 Å². The van der Waals surface area contributed by atoms with Gasteiger partial charge >= 0.3 is 12.2 Å². The number of fused-ring (bicyclic) bond motifs is 1. The zero-order chi connectivity index (χ0) is 15.7. The first-order valence-electron chi connectivity index (χ1n) is 6.52. The van der Waals surface area contributed by atoms with Crippen molar-refractivity contribution in [2.45, 2.75) is 20.1 Å². The highest BCUT2D eigenvalue weighted by molar-refractivity contribution is 5.81. The fourth-order valence-electron chi connectivity index (χ4n) is 2.18. The van der Waals surface area contributed by atoms with Gasteiger partial charge in [-0.1, -0.05) is 0 Å². The first-order valence-corrected chi connectivity index (χ1v) is 6.52. The standard InChI is InChI=1S/C15H12F2N2O3/c1-9-6-14(20)22-12-7-10(2-3-11(9)12)21-8-13-18-4-5-19(13)15(16)17/h2-7,15H,8H2,1H3. The first kappa shape index (κ1) is 14.2. The Labute approximate surface area is 123 Å². The fraction of sp³-hybridized carbons (Fsp3) is 0.200. The number of hydrogen-bond donors (Lipinski definition) is 0. The molecule has 114 valence electrons. The third kappa shape index (κ3) is 2.69. The lowest BCUT2D eigenvalue weighted by molar-refractivity contribution is 0.0632. The van der Waals surface area contributed by atoms with Crippen molar-refractivity contribution in [3.63, 3.8) is 0 Å². The summed E-state index contributed by atoms with van der Waals surface area (Å²) in [5.41, 5.74) is 0.737. The number of hydrogen-bond acceptors (Lipinski definition) is 4. The van der Waals surface area contributed by atoms with E-state index in [0.717, 1.165) is 15.5 Å². The lowest BCUT2D eigenvalue weighted by Gasteiger charge is -2.09. The number of imidazole rings is 1. The molecule has 0 N–H and O–H groups in total. The zero-order valence-electron chi connectivity index (χ0n) is 11.6. The van der Waals surface area contributed by atoms with Crippen molar-refractivity contribution in [3.8, 4) is 5.75 Å². The van der Waals surface area contributed by atoms with Crippen LogP contribution >= 0.6 is 0 Å². The molecule has 0 aliphatic heterocycles. The van der Waals surface area contributed by atoms with E-state index in [2.05, 4.69) is 4.98 Å². The van der Waals surface area contributed by atoms with E-state index in [1.54, 1.807) is 25.1 Å². The Hall–Kier alpha value is -2.70. The highest BCUT2D eigenvalue weighted by Gasteiger charge is 2.12. The van der Waals surface area contributed by atoms with Crippen LogP contribution in [0.5, 0.6) is 5.75 Å². The largest absolute Gasteiger partial charge is 0.486 e. The number of ether oxygens (including phenoxy) is 1. The Morgan fingerprint density at radius 2 is 2.18 bits per heavy atom. The molecule has 0 saturated carbocycles. The molecule has 3 rings (SSSR count). The molecule has 0 aliphatic rings. The minimum Gasteiger partial charge on any atom is -0.486 e. The van der Waals surface area contributed by atoms with Crippen LogP contribution in [0.25, 0.3) is 11.0 Å². The molecule has 2 heterocycles. The van der Waals surface area contributed by atoms with Crippen LogP contribution in [-0.4, -0.2) is 9.55 Å². The second-order valence-electron chi connectivity index (χ2n) is 4.72. The van der Waals surface area contributed by atoms with E-state index in [1.807, 2.05) is 0 Å². The summed E-state index contributed by atoms with van der Waals surface area (Å²) < 4.78 is 36.7. The average molecular weight is 306 g/mol. The molecule has 0 bridgehead atoms. The highest BCUT2D eigenvalue weighted by atomic mass is 19.3. The van der Waals surface area contributed by atoms with Gasteiger partial charge in [0, 0.05) is 29.9 Å². The van der Waals surface area contributed by atoms with Crippen molar-refractivity contribution in [1.29, 1.82) is 0 Å². The van der Waals surface area contributed by atoms with Gasteiger partial charge in [0.15, 0.2) is 5.82 Å². The molecule has 3 aromatic rings. The summed E-state index contributed by atoms with van der Waals surface area (Å²) in [6.45, 7) is -0.976. The van der Waals surface area contributed by atoms with E-state index in [0.29, 0.717) is 11.3 Å². The maximum absolute atomic E-state index is 12.7. The van der Waals surface area contributed by atoms with E-state index in [-0.39, 0.29) is 12.4 Å². The number of benzene rings is 1. The average Bonchev–Trinajstić information content (AvgIpc) is 2.93. The van der Waals surface area contributed by atoms with Gasteiger partial charge < -0.3 is 9.15 Å². The van der Waals surface area contributed by atoms with Gasteiger partial charge in [0.25, 0.3) is 0 Å². The highest BCUT2D eigenvalue weighted by Crippen LogP contribution is 2.23. The summed E-state index contributed by atoms with van der Waals surface area (Å²) in [6, 6.07) is 6.40. The van der Waals surface area contributed by atoms with Gasteiger partial charge in [-0.15, -0.1) is 0 Å². The van der Waals surface area contributed by atoms with Gasteiger partial charge in [-0.05, 0) is 24.6 Å². The Balaban J connectivity index is 1.85. The molecule has 0 amide bonds. The molecular formula is C15H12F2N2O3. The molecule has 0 saturated heterocycles. The van der Waals surface area contributed by atoms with Crippen LogP contribution < -0.4 is 10.4 Å². The van der Waals surface area contributed by atoms with Crippen molar-refractivity contribution in [3.05, 3.63) is 58.5 Å². The van der Waals surface area contributed by atoms with Gasteiger partial charge in [0.2, 0.25) is 0 Å². The van der Waals surface area contributed by atoms with Crippen LogP contribution in [0.2, 0.25) is 0 Å². The summed E-state index contributed by atoms with van der Waals surface area (Å²) >= 11 is 0. The van der Waals surface area contributed by atoms with E-state index < -0.39 is 12.2 Å². The Morgan fingerprint density at radius 3 is 2.95 bits per heavy atom. The fourth-order valence-corrected chi connectivity index (χ4v) is 2.18. The second kappa shape index (κ2) is 5.59. The van der Waals surface area contributed by atoms with E-state index in [4.69, 9.17) is 9.15 Å². The van der Waals surface area contributed by atoms with Crippen LogP contribution in [0, 0.1) is 6.92 Å². The third-order valence-corrected chi connectivity index (χ3v) is 3.25. The van der Waals surface area contributed by atoms with Gasteiger partial charge in [0.05, 0.1) is 0 Å². The van der Waals surface area contributed by atoms with Gasteiger partial charge in [-0.2, -0.15) is 8.78 Å². The second-order valence-corrected chi connectivity index (χ2v) is 4.72. The SMILES string of the molecule is Cc1cc(=O)oc2cc(OCc3nccn3C(F)F)ccc12. The number of rotatable bonds is 4. The minimum absolute atomic E-state index is 0.112. The summed E-state index contributed by atoms with van der Waals surface area (Å²) in [6.07, 6.45) is 2.47. The smallest absolute Gasteiger partial charge is 0.336 e. The quantitative estimate of drug-likeness (QED) is 0.694. The summed E-state index contributed by atoms with van der Waals surface area (Å²) in [5.74, 6) is 0.519. The van der Waals surface area contributed by atoms with E-state index in [9.17, 15) is 13.6 Å². The first-order chi connectivity index (χ1) is 10.5. The van der Waals surface area contributed by atoms with Gasteiger partial charge in [-0.3, -0.25) is 4.57 Å². The molecule has 0 unspecified atom stereocenters. The molecule has 0 spiro atoms. The molecule has 5 nitrogen and oxygen atoms in total. The molecule has 0 radical (unpaired) electrons. The topological polar surface area (TPSA) is 57.3 Å². The predicted molar refractivity (Wildman–Crippen MR) is 75.0 cm³/mol. The van der Waals surface area contributed by atoms with Crippen molar-refractivity contribution in [1.82, 2.24) is 9.55 Å². The zero-order valence-corrected chi connectivity index (χ0v) is 11.6. The molecule has 0 atom stereocenters. The Kier molecular flexibility index (Phi) is 3.62. The predicted octanol–water partition coefficient (Wildman–Crippen LogP) is 3.27. The van der Waals surface area contributed by atoms with Crippen LogP contribution in [0.3, 0.4) is 0 Å². The summed E-state index contributed by atoms with van der Waals surface area (Å²) in [7, 11) is 0. The van der Waals surface area contributed by atoms with Crippen molar-refractivity contribution in [2.75, 3.05) is 0 Å². The lowest BCUT2D eigenvalue weighted by Crippen LogP contribution is -2.07. The van der Waals surface area contributed by atoms with Gasteiger partial charge in [0.1, 0.15) is 17.9 Å². The maximum Gasteiger partial charge on any atom is 0.336 e. The number of halogens is 2. The Bertz CT molecular complexity index is 871. The van der Waals surface area contributed by atoms with Crippen LogP contribution in [0.15, 0.2) is 45.9 Å². The van der Waals surface area contributed by atoms with Crippen molar-refractivity contribution < 1.29 is 17.9 Å². The molecule has 0 fully saturated rings. The monoisotopic (exact) mass is 306 g/mol. The molecule has 22 heavy (non-hydrogen) atoms. The number of aromatic nitrogens is 2. The van der Waals surface area contributed by atoms with Crippen LogP contribution in [-0.2, 0) is 6.61 Å². The molecule has 0 aliphatic carbocycles. The lowest BCUT2D eigenvalue weighted by atomic mass is 10.1.